The predicted octanol–water partition coefficient (Wildman–Crippen LogP) is 1.49. The van der Waals surface area contributed by atoms with Crippen molar-refractivity contribution < 1.29 is 38.1 Å². The topological polar surface area (TPSA) is 143 Å². The van der Waals surface area contributed by atoms with Crippen LogP contribution in [-0.2, 0) is 41.6 Å². The molecule has 0 saturated heterocycles. The Labute approximate surface area is 190 Å². The molecule has 2 rings (SSSR count). The summed E-state index contributed by atoms with van der Waals surface area (Å²) in [5, 5.41) is 2.21. The van der Waals surface area contributed by atoms with E-state index in [4.69, 9.17) is 19.9 Å². The Balaban J connectivity index is 1.68. The summed E-state index contributed by atoms with van der Waals surface area (Å²) >= 11 is 0. The van der Waals surface area contributed by atoms with Crippen molar-refractivity contribution in [3.05, 3.63) is 65.7 Å². The van der Waals surface area contributed by atoms with E-state index in [2.05, 4.69) is 10.1 Å². The number of hydrogen-bond donors (Lipinski definition) is 2. The molecule has 0 saturated carbocycles. The third-order valence-electron chi connectivity index (χ3n) is 4.15. The van der Waals surface area contributed by atoms with Crippen LogP contribution in [0.3, 0.4) is 0 Å². The maximum atomic E-state index is 12.0. The number of amides is 1. The molecule has 2 aromatic rings. The van der Waals surface area contributed by atoms with Crippen molar-refractivity contribution >= 4 is 24.0 Å². The number of nitrogens with two attached hydrogens (primary N) is 1. The average Bonchev–Trinajstić information content (AvgIpc) is 2.81. The second-order valence-corrected chi connectivity index (χ2v) is 6.76. The molecule has 0 fully saturated rings. The van der Waals surface area contributed by atoms with Gasteiger partial charge in [0.1, 0.15) is 24.9 Å². The van der Waals surface area contributed by atoms with E-state index in [-0.39, 0.29) is 26.2 Å². The largest absolute Gasteiger partial charge is 0.482 e. The minimum absolute atomic E-state index is 0.0399. The van der Waals surface area contributed by atoms with Crippen molar-refractivity contribution in [3.8, 4) is 5.75 Å². The van der Waals surface area contributed by atoms with Crippen LogP contribution in [0.4, 0.5) is 4.79 Å². The summed E-state index contributed by atoms with van der Waals surface area (Å²) in [6, 6.07) is 14.5. The Kier molecular flexibility index (Phi) is 10.4. The van der Waals surface area contributed by atoms with E-state index in [9.17, 15) is 19.2 Å². The number of esters is 3. The first-order valence-electron chi connectivity index (χ1n) is 10.2. The summed E-state index contributed by atoms with van der Waals surface area (Å²) < 4.78 is 19.7. The first-order valence-corrected chi connectivity index (χ1v) is 10.2. The lowest BCUT2D eigenvalue weighted by atomic mass is 10.1. The van der Waals surface area contributed by atoms with Crippen molar-refractivity contribution in [2.75, 3.05) is 19.8 Å². The Hall–Kier alpha value is -3.92. The van der Waals surface area contributed by atoms with E-state index in [0.29, 0.717) is 11.3 Å². The lowest BCUT2D eigenvalue weighted by Crippen LogP contribution is -2.38. The van der Waals surface area contributed by atoms with Gasteiger partial charge in [0.25, 0.3) is 0 Å². The van der Waals surface area contributed by atoms with Crippen LogP contribution in [0.25, 0.3) is 0 Å². The van der Waals surface area contributed by atoms with E-state index in [0.717, 1.165) is 5.56 Å². The lowest BCUT2D eigenvalue weighted by molar-refractivity contribution is -0.160. The number of hydrogen-bond acceptors (Lipinski definition) is 9. The molecule has 0 aliphatic rings. The third kappa shape index (κ3) is 9.83. The van der Waals surface area contributed by atoms with Crippen molar-refractivity contribution in [1.82, 2.24) is 5.32 Å². The molecule has 1 amide bonds. The molecule has 0 bridgehead atoms. The molecule has 0 unspecified atom stereocenters. The number of nitrogens with one attached hydrogen (secondary N) is 1. The Morgan fingerprint density at radius 2 is 1.61 bits per heavy atom. The molecule has 1 atom stereocenters. The van der Waals surface area contributed by atoms with Crippen molar-refractivity contribution in [2.45, 2.75) is 26.0 Å². The Morgan fingerprint density at radius 3 is 2.27 bits per heavy atom. The van der Waals surface area contributed by atoms with E-state index in [1.54, 1.807) is 55.5 Å². The van der Waals surface area contributed by atoms with Crippen molar-refractivity contribution in [1.29, 1.82) is 0 Å². The van der Waals surface area contributed by atoms with E-state index >= 15 is 0 Å². The Bertz CT molecular complexity index is 931. The monoisotopic (exact) mass is 458 g/mol. The molecule has 10 nitrogen and oxygen atoms in total. The van der Waals surface area contributed by atoms with Gasteiger partial charge in [0.2, 0.25) is 0 Å². The SMILES string of the molecule is CCOC(=O)COc1ccc(C[C@H](N)C(=O)OC(=O)CNC(=O)OCc2ccccc2)cc1. The molecule has 33 heavy (non-hydrogen) atoms. The van der Waals surface area contributed by atoms with Gasteiger partial charge in [-0.05, 0) is 36.6 Å². The highest BCUT2D eigenvalue weighted by molar-refractivity contribution is 5.90. The number of ether oxygens (including phenoxy) is 4. The molecule has 0 aliphatic heterocycles. The number of rotatable bonds is 11. The maximum Gasteiger partial charge on any atom is 0.407 e. The molecule has 176 valence electrons. The van der Waals surface area contributed by atoms with Crippen LogP contribution in [0.2, 0.25) is 0 Å². The smallest absolute Gasteiger partial charge is 0.407 e. The highest BCUT2D eigenvalue weighted by atomic mass is 16.6. The van der Waals surface area contributed by atoms with Gasteiger partial charge in [-0.25, -0.2) is 19.2 Å². The van der Waals surface area contributed by atoms with Gasteiger partial charge in [-0.2, -0.15) is 0 Å². The maximum absolute atomic E-state index is 12.0. The van der Waals surface area contributed by atoms with Crippen molar-refractivity contribution in [3.63, 3.8) is 0 Å². The minimum atomic E-state index is -1.09. The van der Waals surface area contributed by atoms with Gasteiger partial charge in [0.05, 0.1) is 6.61 Å². The zero-order valence-electron chi connectivity index (χ0n) is 18.2. The first kappa shape index (κ1) is 25.3. The molecule has 0 aromatic heterocycles. The zero-order chi connectivity index (χ0) is 24.1. The van der Waals surface area contributed by atoms with Gasteiger partial charge >= 0.3 is 24.0 Å². The van der Waals surface area contributed by atoms with Crippen LogP contribution >= 0.6 is 0 Å². The van der Waals surface area contributed by atoms with Crippen LogP contribution in [0.1, 0.15) is 18.1 Å². The highest BCUT2D eigenvalue weighted by Crippen LogP contribution is 2.13. The quantitative estimate of drug-likeness (QED) is 0.291. The molecular weight excluding hydrogens is 432 g/mol. The van der Waals surface area contributed by atoms with Gasteiger partial charge in [-0.15, -0.1) is 0 Å². The number of alkyl carbamates (subject to hydrolysis) is 1. The Morgan fingerprint density at radius 1 is 0.909 bits per heavy atom. The molecule has 0 aliphatic carbocycles. The van der Waals surface area contributed by atoms with Gasteiger partial charge in [0.15, 0.2) is 6.61 Å². The lowest BCUT2D eigenvalue weighted by Gasteiger charge is -2.12. The van der Waals surface area contributed by atoms with E-state index < -0.39 is 36.6 Å². The zero-order valence-corrected chi connectivity index (χ0v) is 18.2. The van der Waals surface area contributed by atoms with E-state index in [1.807, 2.05) is 6.07 Å². The van der Waals surface area contributed by atoms with Gasteiger partial charge in [-0.1, -0.05) is 42.5 Å². The molecule has 0 radical (unpaired) electrons. The summed E-state index contributed by atoms with van der Waals surface area (Å²) in [7, 11) is 0. The van der Waals surface area contributed by atoms with Gasteiger partial charge in [-0.3, -0.25) is 0 Å². The van der Waals surface area contributed by atoms with Crippen LogP contribution < -0.4 is 15.8 Å². The van der Waals surface area contributed by atoms with E-state index in [1.165, 1.54) is 0 Å². The number of benzene rings is 2. The molecule has 0 heterocycles. The van der Waals surface area contributed by atoms with Gasteiger partial charge < -0.3 is 30.0 Å². The predicted molar refractivity (Wildman–Crippen MR) is 116 cm³/mol. The van der Waals surface area contributed by atoms with Crippen molar-refractivity contribution in [2.24, 2.45) is 5.73 Å². The first-order chi connectivity index (χ1) is 15.9. The molecule has 3 N–H and O–H groups in total. The molecule has 0 spiro atoms. The van der Waals surface area contributed by atoms with Crippen LogP contribution in [0.15, 0.2) is 54.6 Å². The molecule has 2 aromatic carbocycles. The summed E-state index contributed by atoms with van der Waals surface area (Å²) in [4.78, 5) is 46.7. The molecular formula is C23H26N2O8. The third-order valence-corrected chi connectivity index (χ3v) is 4.15. The van der Waals surface area contributed by atoms with Crippen LogP contribution in [0.5, 0.6) is 5.75 Å². The van der Waals surface area contributed by atoms with Crippen LogP contribution in [0, 0.1) is 0 Å². The van der Waals surface area contributed by atoms with Crippen LogP contribution in [-0.4, -0.2) is 49.8 Å². The summed E-state index contributed by atoms with van der Waals surface area (Å²) in [6.45, 7) is 1.25. The van der Waals surface area contributed by atoms with Gasteiger partial charge in [0, 0.05) is 0 Å². The summed E-state index contributed by atoms with van der Waals surface area (Å²) in [5.41, 5.74) is 7.28. The minimum Gasteiger partial charge on any atom is -0.482 e. The fourth-order valence-electron chi connectivity index (χ4n) is 2.55. The average molecular weight is 458 g/mol. The highest BCUT2D eigenvalue weighted by Gasteiger charge is 2.20. The second kappa shape index (κ2) is 13.5. The summed E-state index contributed by atoms with van der Waals surface area (Å²) in [6.07, 6.45) is -0.714. The number of carbonyl (C=O) groups excluding carboxylic acids is 4. The number of carbonyl (C=O) groups is 4. The second-order valence-electron chi connectivity index (χ2n) is 6.76. The standard InChI is InChI=1S/C23H26N2O8/c1-2-30-21(27)15-31-18-10-8-16(9-11-18)12-19(24)22(28)33-20(26)13-25-23(29)32-14-17-6-4-3-5-7-17/h3-11,19H,2,12-15,24H2,1H3,(H,25,29)/t19-/m0/s1. The summed E-state index contributed by atoms with van der Waals surface area (Å²) in [5.74, 6) is -1.92. The molecule has 10 heteroatoms. The fourth-order valence-corrected chi connectivity index (χ4v) is 2.55. The fraction of sp³-hybridized carbons (Fsp3) is 0.304. The normalized spacial score (nSPS) is 11.1.